The average molecular weight is 427 g/mol. The second-order valence-corrected chi connectivity index (χ2v) is 7.66. The molecule has 164 valence electrons. The minimum absolute atomic E-state index is 0.0453. The van der Waals surface area contributed by atoms with Crippen LogP contribution in [0.25, 0.3) is 5.76 Å². The first kappa shape index (κ1) is 22.7. The summed E-state index contributed by atoms with van der Waals surface area (Å²) in [5.41, 5.74) is 1.98. The fourth-order valence-corrected chi connectivity index (χ4v) is 3.61. The van der Waals surface area contributed by atoms with Gasteiger partial charge in [-0.2, -0.15) is 0 Å². The van der Waals surface area contributed by atoms with Crippen molar-refractivity contribution in [2.24, 2.45) is 0 Å². The number of ether oxygens (including phenoxy) is 1. The van der Waals surface area contributed by atoms with Crippen LogP contribution in [0.1, 0.15) is 42.5 Å². The molecule has 1 aliphatic rings. The molecule has 1 aliphatic heterocycles. The van der Waals surface area contributed by atoms with Gasteiger partial charge < -0.3 is 19.8 Å². The number of likely N-dealkylation sites (tertiary alicyclic amines) is 1. The number of rotatable bonds is 8. The number of ketones is 1. The third kappa shape index (κ3) is 4.84. The van der Waals surface area contributed by atoms with Gasteiger partial charge in [0, 0.05) is 12.1 Å². The van der Waals surface area contributed by atoms with Crippen LogP contribution in [0.3, 0.4) is 0 Å². The summed E-state index contributed by atoms with van der Waals surface area (Å²) in [6.07, 6.45) is 0. The summed E-state index contributed by atoms with van der Waals surface area (Å²) < 4.78 is 18.6. The van der Waals surface area contributed by atoms with Crippen molar-refractivity contribution in [2.45, 2.75) is 25.8 Å². The Morgan fingerprint density at radius 1 is 1.06 bits per heavy atom. The van der Waals surface area contributed by atoms with Gasteiger partial charge in [0.2, 0.25) is 0 Å². The molecule has 31 heavy (non-hydrogen) atoms. The van der Waals surface area contributed by atoms with E-state index in [1.165, 1.54) is 29.2 Å². The van der Waals surface area contributed by atoms with Crippen molar-refractivity contribution in [1.82, 2.24) is 4.90 Å². The minimum Gasteiger partial charge on any atom is -0.507 e. The quantitative estimate of drug-likeness (QED) is 0.292. The first-order valence-electron chi connectivity index (χ1n) is 10.2. The van der Waals surface area contributed by atoms with E-state index in [2.05, 4.69) is 13.8 Å². The average Bonchev–Trinajstić information content (AvgIpc) is 3.01. The van der Waals surface area contributed by atoms with Crippen molar-refractivity contribution >= 4 is 17.4 Å². The molecular formula is C24H26FNO5. The van der Waals surface area contributed by atoms with Crippen LogP contribution in [0.5, 0.6) is 0 Å². The molecule has 2 N–H and O–H groups in total. The van der Waals surface area contributed by atoms with Gasteiger partial charge in [-0.05, 0) is 41.3 Å². The van der Waals surface area contributed by atoms with Crippen molar-refractivity contribution < 1.29 is 28.9 Å². The zero-order valence-corrected chi connectivity index (χ0v) is 17.5. The Morgan fingerprint density at radius 3 is 2.29 bits per heavy atom. The molecule has 0 saturated carbocycles. The van der Waals surface area contributed by atoms with Gasteiger partial charge in [0.25, 0.3) is 11.7 Å². The third-order valence-corrected chi connectivity index (χ3v) is 5.29. The lowest BCUT2D eigenvalue weighted by Gasteiger charge is -2.25. The second kappa shape index (κ2) is 9.85. The van der Waals surface area contributed by atoms with Crippen LogP contribution < -0.4 is 0 Å². The largest absolute Gasteiger partial charge is 0.507 e. The number of amides is 1. The number of aliphatic hydroxyl groups is 2. The van der Waals surface area contributed by atoms with Crippen LogP contribution in [0.15, 0.2) is 54.1 Å². The molecule has 6 nitrogen and oxygen atoms in total. The van der Waals surface area contributed by atoms with E-state index < -0.39 is 23.5 Å². The van der Waals surface area contributed by atoms with Crippen LogP contribution in [-0.4, -0.2) is 53.2 Å². The number of carbonyl (C=O) groups is 2. The van der Waals surface area contributed by atoms with E-state index in [0.29, 0.717) is 11.5 Å². The van der Waals surface area contributed by atoms with Crippen LogP contribution in [0, 0.1) is 5.82 Å². The Balaban J connectivity index is 2.06. The molecular weight excluding hydrogens is 401 g/mol. The maximum Gasteiger partial charge on any atom is 0.295 e. The Bertz CT molecular complexity index is 966. The number of nitrogens with zero attached hydrogens (tertiary/aromatic N) is 1. The highest BCUT2D eigenvalue weighted by Crippen LogP contribution is 2.39. The monoisotopic (exact) mass is 427 g/mol. The molecule has 2 aromatic rings. The molecule has 0 radical (unpaired) electrons. The molecule has 0 bridgehead atoms. The number of hydrogen-bond acceptors (Lipinski definition) is 5. The Kier molecular flexibility index (Phi) is 7.20. The molecule has 1 amide bonds. The SMILES string of the molecule is CC(C)c1ccc(C2C(=C(O)c3ccc(F)cc3)C(=O)C(=O)N2CCOCCO)cc1. The van der Waals surface area contributed by atoms with Crippen molar-refractivity contribution in [3.63, 3.8) is 0 Å². The summed E-state index contributed by atoms with van der Waals surface area (Å²) in [7, 11) is 0. The lowest BCUT2D eigenvalue weighted by molar-refractivity contribution is -0.140. The molecule has 1 unspecified atom stereocenters. The van der Waals surface area contributed by atoms with Gasteiger partial charge in [0.15, 0.2) is 0 Å². The van der Waals surface area contributed by atoms with Crippen molar-refractivity contribution in [3.05, 3.63) is 76.6 Å². The molecule has 0 aromatic heterocycles. The van der Waals surface area contributed by atoms with Crippen LogP contribution >= 0.6 is 0 Å². The zero-order chi connectivity index (χ0) is 22.5. The van der Waals surface area contributed by atoms with E-state index in [9.17, 15) is 19.1 Å². The second-order valence-electron chi connectivity index (χ2n) is 7.66. The summed E-state index contributed by atoms with van der Waals surface area (Å²) in [6.45, 7) is 4.34. The van der Waals surface area contributed by atoms with E-state index in [0.717, 1.165) is 5.56 Å². The highest BCUT2D eigenvalue weighted by molar-refractivity contribution is 6.46. The molecule has 0 aliphatic carbocycles. The standard InChI is InChI=1S/C24H26FNO5/c1-15(2)16-3-5-17(6-4-16)21-20(22(28)18-7-9-19(25)10-8-18)23(29)24(30)26(21)11-13-31-14-12-27/h3-10,15,21,27-28H,11-14H2,1-2H3. The van der Waals surface area contributed by atoms with Crippen LogP contribution in [-0.2, 0) is 14.3 Å². The summed E-state index contributed by atoms with van der Waals surface area (Å²) in [5.74, 6) is -2.06. The van der Waals surface area contributed by atoms with Gasteiger partial charge in [-0.3, -0.25) is 9.59 Å². The predicted octanol–water partition coefficient (Wildman–Crippen LogP) is 3.38. The van der Waals surface area contributed by atoms with Gasteiger partial charge in [-0.25, -0.2) is 4.39 Å². The summed E-state index contributed by atoms with van der Waals surface area (Å²) in [5, 5.41) is 19.8. The fourth-order valence-electron chi connectivity index (χ4n) is 3.61. The third-order valence-electron chi connectivity index (χ3n) is 5.29. The smallest absolute Gasteiger partial charge is 0.295 e. The summed E-state index contributed by atoms with van der Waals surface area (Å²) >= 11 is 0. The zero-order valence-electron chi connectivity index (χ0n) is 17.5. The van der Waals surface area contributed by atoms with Crippen LogP contribution in [0.2, 0.25) is 0 Å². The van der Waals surface area contributed by atoms with E-state index in [-0.39, 0.29) is 43.3 Å². The van der Waals surface area contributed by atoms with E-state index >= 15 is 0 Å². The normalized spacial score (nSPS) is 18.2. The fraction of sp³-hybridized carbons (Fsp3) is 0.333. The van der Waals surface area contributed by atoms with Crippen molar-refractivity contribution in [2.75, 3.05) is 26.4 Å². The molecule has 0 spiro atoms. The first-order chi connectivity index (χ1) is 14.8. The highest BCUT2D eigenvalue weighted by atomic mass is 19.1. The maximum absolute atomic E-state index is 13.3. The molecule has 1 saturated heterocycles. The number of carbonyl (C=O) groups excluding carboxylic acids is 2. The Morgan fingerprint density at radius 2 is 1.71 bits per heavy atom. The van der Waals surface area contributed by atoms with E-state index in [4.69, 9.17) is 9.84 Å². The van der Waals surface area contributed by atoms with E-state index in [1.807, 2.05) is 24.3 Å². The lowest BCUT2D eigenvalue weighted by Crippen LogP contribution is -2.33. The van der Waals surface area contributed by atoms with Gasteiger partial charge in [0.05, 0.1) is 31.4 Å². The number of benzene rings is 2. The topological polar surface area (TPSA) is 87.1 Å². The Hall–Kier alpha value is -3.03. The Labute approximate surface area is 180 Å². The first-order valence-corrected chi connectivity index (χ1v) is 10.2. The summed E-state index contributed by atoms with van der Waals surface area (Å²) in [4.78, 5) is 27.0. The van der Waals surface area contributed by atoms with Gasteiger partial charge in [-0.15, -0.1) is 0 Å². The molecule has 1 heterocycles. The summed E-state index contributed by atoms with van der Waals surface area (Å²) in [6, 6.07) is 11.8. The molecule has 1 atom stereocenters. The lowest BCUT2D eigenvalue weighted by atomic mass is 9.93. The van der Waals surface area contributed by atoms with E-state index in [1.54, 1.807) is 0 Å². The highest BCUT2D eigenvalue weighted by Gasteiger charge is 2.45. The number of aliphatic hydroxyl groups excluding tert-OH is 2. The van der Waals surface area contributed by atoms with Crippen molar-refractivity contribution in [1.29, 1.82) is 0 Å². The maximum atomic E-state index is 13.3. The molecule has 7 heteroatoms. The molecule has 2 aromatic carbocycles. The van der Waals surface area contributed by atoms with Crippen molar-refractivity contribution in [3.8, 4) is 0 Å². The van der Waals surface area contributed by atoms with Gasteiger partial charge >= 0.3 is 0 Å². The van der Waals surface area contributed by atoms with Gasteiger partial charge in [-0.1, -0.05) is 38.1 Å². The number of Topliss-reactive ketones (excluding diaryl/α,β-unsaturated/α-hetero) is 1. The molecule has 1 fully saturated rings. The van der Waals surface area contributed by atoms with Crippen LogP contribution in [0.4, 0.5) is 4.39 Å². The number of hydrogen-bond donors (Lipinski definition) is 2. The minimum atomic E-state index is -0.804. The molecule has 3 rings (SSSR count). The predicted molar refractivity (Wildman–Crippen MR) is 114 cm³/mol. The number of halogens is 1. The van der Waals surface area contributed by atoms with Gasteiger partial charge in [0.1, 0.15) is 11.6 Å².